The molecule has 1 aromatic rings. The van der Waals surface area contributed by atoms with Gasteiger partial charge in [0.1, 0.15) is 5.82 Å². The molecule has 5 heteroatoms. The molecule has 0 aliphatic carbocycles. The molecule has 13 heavy (non-hydrogen) atoms. The Morgan fingerprint density at radius 3 is 2.77 bits per heavy atom. The minimum Gasteiger partial charge on any atom is -0.303 e. The van der Waals surface area contributed by atoms with Crippen LogP contribution in [0.5, 0.6) is 0 Å². The first-order valence-electron chi connectivity index (χ1n) is 4.64. The standard InChI is InChI=1S/C8H13ClN4/c9-8-10-7(11-12-8)3-6-13-4-1-2-5-13/h1-6H2,(H,10,11,12). The Hall–Kier alpha value is -0.610. The molecule has 0 radical (unpaired) electrons. The van der Waals surface area contributed by atoms with Crippen LogP contribution in [0.25, 0.3) is 0 Å². The summed E-state index contributed by atoms with van der Waals surface area (Å²) in [5, 5.41) is 6.90. The van der Waals surface area contributed by atoms with Crippen molar-refractivity contribution in [2.75, 3.05) is 19.6 Å². The van der Waals surface area contributed by atoms with Crippen LogP contribution < -0.4 is 0 Å². The number of hydrogen-bond acceptors (Lipinski definition) is 3. The maximum atomic E-state index is 5.59. The van der Waals surface area contributed by atoms with Crippen LogP contribution >= 0.6 is 11.6 Å². The fourth-order valence-corrected chi connectivity index (χ4v) is 1.80. The summed E-state index contributed by atoms with van der Waals surface area (Å²) in [7, 11) is 0. The molecule has 1 saturated heterocycles. The molecule has 1 aliphatic heterocycles. The molecule has 0 bridgehead atoms. The summed E-state index contributed by atoms with van der Waals surface area (Å²) < 4.78 is 0. The summed E-state index contributed by atoms with van der Waals surface area (Å²) in [6.07, 6.45) is 3.58. The van der Waals surface area contributed by atoms with Crippen LogP contribution in [0.3, 0.4) is 0 Å². The first kappa shape index (κ1) is 8.97. The van der Waals surface area contributed by atoms with E-state index in [1.54, 1.807) is 0 Å². The first-order chi connectivity index (χ1) is 6.34. The highest BCUT2D eigenvalue weighted by Crippen LogP contribution is 2.08. The number of hydrogen-bond donors (Lipinski definition) is 1. The van der Waals surface area contributed by atoms with Crippen molar-refractivity contribution >= 4 is 11.6 Å². The molecule has 1 fully saturated rings. The molecule has 1 aromatic heterocycles. The lowest BCUT2D eigenvalue weighted by molar-refractivity contribution is 0.341. The predicted molar refractivity (Wildman–Crippen MR) is 50.8 cm³/mol. The van der Waals surface area contributed by atoms with Gasteiger partial charge in [-0.15, -0.1) is 5.10 Å². The third-order valence-corrected chi connectivity index (χ3v) is 2.54. The van der Waals surface area contributed by atoms with Gasteiger partial charge in [-0.1, -0.05) is 0 Å². The second kappa shape index (κ2) is 4.07. The molecule has 0 aromatic carbocycles. The van der Waals surface area contributed by atoms with E-state index < -0.39 is 0 Å². The molecule has 0 amide bonds. The van der Waals surface area contributed by atoms with Crippen molar-refractivity contribution < 1.29 is 0 Å². The number of nitrogens with one attached hydrogen (secondary N) is 1. The Bertz CT molecular complexity index is 267. The molecule has 72 valence electrons. The van der Waals surface area contributed by atoms with Crippen molar-refractivity contribution in [3.63, 3.8) is 0 Å². The van der Waals surface area contributed by atoms with Crippen molar-refractivity contribution in [1.82, 2.24) is 20.1 Å². The van der Waals surface area contributed by atoms with Crippen molar-refractivity contribution in [2.24, 2.45) is 0 Å². The number of aromatic nitrogens is 3. The van der Waals surface area contributed by atoms with Gasteiger partial charge in [0.25, 0.3) is 0 Å². The van der Waals surface area contributed by atoms with Gasteiger partial charge in [0, 0.05) is 13.0 Å². The van der Waals surface area contributed by atoms with Gasteiger partial charge in [0.05, 0.1) is 0 Å². The fraction of sp³-hybridized carbons (Fsp3) is 0.750. The highest BCUT2D eigenvalue weighted by molar-refractivity contribution is 6.28. The van der Waals surface area contributed by atoms with E-state index in [0.29, 0.717) is 5.28 Å². The van der Waals surface area contributed by atoms with Crippen molar-refractivity contribution in [1.29, 1.82) is 0 Å². The van der Waals surface area contributed by atoms with Gasteiger partial charge in [-0.05, 0) is 37.5 Å². The van der Waals surface area contributed by atoms with Crippen LogP contribution in [-0.4, -0.2) is 39.7 Å². The van der Waals surface area contributed by atoms with E-state index >= 15 is 0 Å². The molecule has 0 spiro atoms. The molecule has 2 rings (SSSR count). The normalized spacial score (nSPS) is 18.2. The average Bonchev–Trinajstić information content (AvgIpc) is 2.71. The number of aromatic amines is 1. The van der Waals surface area contributed by atoms with Gasteiger partial charge >= 0.3 is 0 Å². The minimum absolute atomic E-state index is 0.316. The Balaban J connectivity index is 1.78. The minimum atomic E-state index is 0.316. The summed E-state index contributed by atoms with van der Waals surface area (Å²) in [4.78, 5) is 6.48. The molecule has 0 atom stereocenters. The van der Waals surface area contributed by atoms with Crippen LogP contribution in [0.2, 0.25) is 5.28 Å². The molecule has 1 aliphatic rings. The second-order valence-corrected chi connectivity index (χ2v) is 3.69. The van der Waals surface area contributed by atoms with Crippen LogP contribution in [0, 0.1) is 0 Å². The second-order valence-electron chi connectivity index (χ2n) is 3.35. The van der Waals surface area contributed by atoms with Gasteiger partial charge in [-0.25, -0.2) is 4.98 Å². The summed E-state index contributed by atoms with van der Waals surface area (Å²) in [5.74, 6) is 0.886. The summed E-state index contributed by atoms with van der Waals surface area (Å²) in [5.41, 5.74) is 0. The topological polar surface area (TPSA) is 44.8 Å². The maximum Gasteiger partial charge on any atom is 0.242 e. The number of rotatable bonds is 3. The fourth-order valence-electron chi connectivity index (χ4n) is 1.65. The molecule has 2 heterocycles. The van der Waals surface area contributed by atoms with E-state index in [1.165, 1.54) is 25.9 Å². The zero-order valence-electron chi connectivity index (χ0n) is 7.46. The van der Waals surface area contributed by atoms with Crippen LogP contribution in [0.15, 0.2) is 0 Å². The number of H-pyrrole nitrogens is 1. The predicted octanol–water partition coefficient (Wildman–Crippen LogP) is 1.10. The Labute approximate surface area is 82.3 Å². The molecule has 0 unspecified atom stereocenters. The third-order valence-electron chi connectivity index (χ3n) is 2.37. The van der Waals surface area contributed by atoms with Gasteiger partial charge in [-0.3, -0.25) is 5.10 Å². The largest absolute Gasteiger partial charge is 0.303 e. The van der Waals surface area contributed by atoms with Gasteiger partial charge < -0.3 is 4.90 Å². The Morgan fingerprint density at radius 1 is 1.38 bits per heavy atom. The summed E-state index contributed by atoms with van der Waals surface area (Å²) in [6.45, 7) is 3.51. The maximum absolute atomic E-state index is 5.59. The van der Waals surface area contributed by atoms with Crippen LogP contribution in [0.4, 0.5) is 0 Å². The zero-order valence-corrected chi connectivity index (χ0v) is 8.22. The van der Waals surface area contributed by atoms with Gasteiger partial charge in [0.15, 0.2) is 0 Å². The van der Waals surface area contributed by atoms with E-state index in [1.807, 2.05) is 0 Å². The number of likely N-dealkylation sites (tertiary alicyclic amines) is 1. The SMILES string of the molecule is Clc1n[nH]c(CCN2CCCC2)n1. The lowest BCUT2D eigenvalue weighted by atomic mass is 10.4. The van der Waals surface area contributed by atoms with E-state index in [2.05, 4.69) is 20.1 Å². The first-order valence-corrected chi connectivity index (χ1v) is 5.01. The highest BCUT2D eigenvalue weighted by Gasteiger charge is 2.11. The van der Waals surface area contributed by atoms with Gasteiger partial charge in [0.2, 0.25) is 5.28 Å². The zero-order chi connectivity index (χ0) is 9.10. The van der Waals surface area contributed by atoms with Crippen molar-refractivity contribution in [3.05, 3.63) is 11.1 Å². The molecular formula is C8H13ClN4. The molecule has 0 saturated carbocycles. The quantitative estimate of drug-likeness (QED) is 0.795. The highest BCUT2D eigenvalue weighted by atomic mass is 35.5. The van der Waals surface area contributed by atoms with Crippen molar-refractivity contribution in [2.45, 2.75) is 19.3 Å². The van der Waals surface area contributed by atoms with Gasteiger partial charge in [-0.2, -0.15) is 0 Å². The summed E-state index contributed by atoms with van der Waals surface area (Å²) in [6, 6.07) is 0. The van der Waals surface area contributed by atoms with E-state index in [-0.39, 0.29) is 0 Å². The average molecular weight is 201 g/mol. The van der Waals surface area contributed by atoms with Crippen LogP contribution in [0.1, 0.15) is 18.7 Å². The third kappa shape index (κ3) is 2.42. The summed E-state index contributed by atoms with van der Waals surface area (Å²) >= 11 is 5.59. The van der Waals surface area contributed by atoms with E-state index in [9.17, 15) is 0 Å². The molecule has 4 nitrogen and oxygen atoms in total. The van der Waals surface area contributed by atoms with Crippen molar-refractivity contribution in [3.8, 4) is 0 Å². The van der Waals surface area contributed by atoms with E-state index in [4.69, 9.17) is 11.6 Å². The number of halogens is 1. The van der Waals surface area contributed by atoms with Crippen LogP contribution in [-0.2, 0) is 6.42 Å². The molecular weight excluding hydrogens is 188 g/mol. The molecule has 1 N–H and O–H groups in total. The lowest BCUT2D eigenvalue weighted by Gasteiger charge is -2.12. The lowest BCUT2D eigenvalue weighted by Crippen LogP contribution is -2.22. The number of nitrogens with zero attached hydrogens (tertiary/aromatic N) is 3. The Morgan fingerprint density at radius 2 is 2.15 bits per heavy atom. The Kier molecular flexibility index (Phi) is 2.80. The monoisotopic (exact) mass is 200 g/mol. The smallest absolute Gasteiger partial charge is 0.242 e. The van der Waals surface area contributed by atoms with E-state index in [0.717, 1.165) is 18.8 Å².